The van der Waals surface area contributed by atoms with Gasteiger partial charge in [0.05, 0.1) is 41.4 Å². The fourth-order valence-electron chi connectivity index (χ4n) is 10.6. The molecule has 0 bridgehead atoms. The van der Waals surface area contributed by atoms with E-state index in [0.717, 1.165) is 5.39 Å². The van der Waals surface area contributed by atoms with Gasteiger partial charge in [-0.2, -0.15) is 18.2 Å². The summed E-state index contributed by atoms with van der Waals surface area (Å²) in [6.07, 6.45) is 4.71. The molecule has 1 aliphatic rings. The number of para-hydroxylation sites is 2. The summed E-state index contributed by atoms with van der Waals surface area (Å²) in [5.74, 6) is 0.383. The van der Waals surface area contributed by atoms with Crippen molar-refractivity contribution < 1.29 is 63.3 Å². The van der Waals surface area contributed by atoms with E-state index >= 15 is 0 Å². The van der Waals surface area contributed by atoms with Gasteiger partial charge in [0.15, 0.2) is 0 Å². The fourth-order valence-corrected chi connectivity index (χ4v) is 10.6. The minimum atomic E-state index is -2.96. The maximum atomic E-state index is 10.4. The van der Waals surface area contributed by atoms with E-state index in [9.17, 15) is 9.60 Å². The Morgan fingerprint density at radius 3 is 1.77 bits per heavy atom. The van der Waals surface area contributed by atoms with Gasteiger partial charge < -0.3 is 13.9 Å². The summed E-state index contributed by atoms with van der Waals surface area (Å²) in [5, 5.41) is 1.38. The molecule has 6 heteroatoms. The summed E-state index contributed by atoms with van der Waals surface area (Å²) in [5.41, 5.74) is 0.690. The molecule has 0 spiro atoms. The van der Waals surface area contributed by atoms with Crippen molar-refractivity contribution >= 4 is 32.8 Å². The van der Waals surface area contributed by atoms with Gasteiger partial charge in [0, 0.05) is 58.1 Å². The molecule has 382 valence electrons. The van der Waals surface area contributed by atoms with E-state index in [0.29, 0.717) is 61.0 Å². The van der Waals surface area contributed by atoms with Crippen molar-refractivity contribution in [3.05, 3.63) is 284 Å². The van der Waals surface area contributed by atoms with Crippen LogP contribution >= 0.6 is 0 Å². The molecule has 15 rings (SSSR count). The molecule has 14 aromatic rings. The molecule has 5 nitrogen and oxygen atoms in total. The van der Waals surface area contributed by atoms with Crippen molar-refractivity contribution in [2.75, 3.05) is 0 Å². The van der Waals surface area contributed by atoms with E-state index in [1.54, 1.807) is 74.4 Å². The average molecular weight is 1230 g/mol. The van der Waals surface area contributed by atoms with Gasteiger partial charge in [-0.1, -0.05) is 199 Å². The van der Waals surface area contributed by atoms with Crippen molar-refractivity contribution in [2.24, 2.45) is 0 Å². The number of hydrogen-bond acceptors (Lipinski definition) is 2. The van der Waals surface area contributed by atoms with Crippen LogP contribution in [0, 0.1) is 32.2 Å². The average Bonchev–Trinajstić information content (AvgIpc) is 1.42. The molecule has 1 aliphatic heterocycles. The van der Waals surface area contributed by atoms with Gasteiger partial charge in [-0.05, 0) is 133 Å². The van der Waals surface area contributed by atoms with Crippen LogP contribution in [0.2, 0.25) is 0 Å². The Kier molecular flexibility index (Phi) is 7.32. The van der Waals surface area contributed by atoms with Crippen LogP contribution in [0.3, 0.4) is 0 Å². The Morgan fingerprint density at radius 2 is 1.07 bits per heavy atom. The van der Waals surface area contributed by atoms with E-state index in [1.165, 1.54) is 24.4 Å². The molecule has 11 aromatic carbocycles. The maximum absolute atomic E-state index is 10.4. The summed E-state index contributed by atoms with van der Waals surface area (Å²) in [4.78, 5) is 4.69. The van der Waals surface area contributed by atoms with Gasteiger partial charge in [-0.25, -0.2) is 4.98 Å². The number of ether oxygens (including phenoxy) is 1. The van der Waals surface area contributed by atoms with Crippen LogP contribution in [0.15, 0.2) is 254 Å². The summed E-state index contributed by atoms with van der Waals surface area (Å²) >= 11 is 0. The number of nitrogens with zero attached hydrogens (tertiary/aromatic N) is 4. The van der Waals surface area contributed by atoms with Crippen LogP contribution < -0.4 is 9.30 Å². The van der Waals surface area contributed by atoms with Crippen LogP contribution in [-0.2, 0) is 21.1 Å². The van der Waals surface area contributed by atoms with Crippen molar-refractivity contribution in [3.8, 4) is 107 Å². The molecule has 0 unspecified atom stereocenters. The van der Waals surface area contributed by atoms with Crippen molar-refractivity contribution in [2.45, 2.75) is 13.7 Å². The number of hydrogen-bond donors (Lipinski definition) is 0. The van der Waals surface area contributed by atoms with Crippen molar-refractivity contribution in [1.29, 1.82) is 0 Å². The van der Waals surface area contributed by atoms with E-state index in [4.69, 9.17) is 33.0 Å². The molecule has 4 heterocycles. The Bertz CT molecular complexity index is 5900. The van der Waals surface area contributed by atoms with Crippen LogP contribution in [0.4, 0.5) is 0 Å². The molecule has 0 saturated heterocycles. The molecule has 3 aromatic heterocycles. The summed E-state index contributed by atoms with van der Waals surface area (Å²) in [6, 6.07) is 32.5. The number of fused-ring (bicyclic) bond motifs is 10. The minimum absolute atomic E-state index is 0. The number of aryl methyl sites for hydroxylation is 2. The van der Waals surface area contributed by atoms with E-state index in [1.807, 2.05) is 60.7 Å². The van der Waals surface area contributed by atoms with Gasteiger partial charge in [0.1, 0.15) is 5.82 Å². The first-order valence-corrected chi connectivity index (χ1v) is 24.8. The monoisotopic (exact) mass is 1230 g/mol. The van der Waals surface area contributed by atoms with E-state index in [-0.39, 0.29) is 77.5 Å². The van der Waals surface area contributed by atoms with Gasteiger partial charge in [-0.15, -0.1) is 29.7 Å². The Morgan fingerprint density at radius 1 is 0.487 bits per heavy atom. The SMILES string of the molecule is [2H]c1c([2H])c([2H])c(-c2cnc(-n3c4[c-]c(Oc5[c-]c(-n6[c-][n+]7c8c(cccc86)-c6ccccc6-c6ccccc6-c6cc(C([2H])([2H])[2H])cc(-c8c([2H])c(-c9c([2H])c([2H])c([2H])c([2H])c9[2H])c([2H])c(-c9c([2H])c([2H])c([2H])c([2H])c9[2H])c8[2H])c6-7)ccc5)ccc4c4ccccc43)cc2C([2H])([2H])[2H])c([2H])c1[2H].[Pt]. The van der Waals surface area contributed by atoms with Crippen molar-refractivity contribution in [3.63, 3.8) is 0 Å². The van der Waals surface area contributed by atoms with Gasteiger partial charge in [0.2, 0.25) is 0 Å². The minimum Gasteiger partial charge on any atom is -0.510 e. The van der Waals surface area contributed by atoms with E-state index in [2.05, 4.69) is 18.5 Å². The Balaban J connectivity index is 0.00000913. The molecule has 0 fully saturated rings. The zero-order valence-corrected chi connectivity index (χ0v) is 43.6. The van der Waals surface area contributed by atoms with Crippen LogP contribution in [0.5, 0.6) is 11.5 Å². The second kappa shape index (κ2) is 20.0. The van der Waals surface area contributed by atoms with Gasteiger partial charge in [0.25, 0.3) is 6.33 Å². The first-order valence-electron chi connectivity index (χ1n) is 36.8. The zero-order chi connectivity index (χ0) is 73.2. The number of pyridine rings is 1. The number of rotatable bonds is 8. The number of imidazole rings is 1. The topological polar surface area (TPSA) is 35.9 Å². The molecule has 0 saturated carbocycles. The molecule has 0 aliphatic carbocycles. The Hall–Kier alpha value is -9.67. The van der Waals surface area contributed by atoms with Crippen LogP contribution in [0.25, 0.3) is 128 Å². The quantitative estimate of drug-likeness (QED) is 0.112. The predicted molar refractivity (Wildman–Crippen MR) is 321 cm³/mol. The molecule has 0 N–H and O–H groups in total. The van der Waals surface area contributed by atoms with E-state index < -0.39 is 150 Å². The third kappa shape index (κ3) is 8.29. The second-order valence-corrected chi connectivity index (χ2v) is 18.5. The van der Waals surface area contributed by atoms with Gasteiger partial charge in [-0.3, -0.25) is 4.57 Å². The standard InChI is InChI=1S/C74H48N4O.Pt/c1-48-38-66(55-42-53(50-20-6-3-7-21-50)41-54(43-55)51-22-8-4-9-23-51)73-67(39-48)62-31-15-13-29-60(62)59-28-12-14-30-61(59)65-33-19-35-70-74(65)77(73)47-76(70)56-26-18-27-57(44-56)79-58-36-37-64-63-32-16-17-34-69(63)78(71(64)45-58)72-40-49(2)68(46-75-72)52-24-10-5-11-25-52;/h3-43,46H,1-2H3;/q-2;/i1D3,2D3,3D,4D,5D,6D,7D,8D,9D,10D,11D,20D,21D,22D,23D,24D,25D,41D,42D,43D;. The predicted octanol–water partition coefficient (Wildman–Crippen LogP) is 18.2. The third-order valence-electron chi connectivity index (χ3n) is 13.9. The molecule has 0 atom stereocenters. The summed E-state index contributed by atoms with van der Waals surface area (Å²) < 4.78 is 227. The maximum Gasteiger partial charge on any atom is 0.268 e. The summed E-state index contributed by atoms with van der Waals surface area (Å²) in [6.45, 7) is -5.84. The molecular formula is C74H48N4OPt-2. The molecular weight excluding hydrogens is 1160 g/mol. The number of benzene rings is 11. The third-order valence-corrected chi connectivity index (χ3v) is 13.9. The smallest absolute Gasteiger partial charge is 0.268 e. The summed E-state index contributed by atoms with van der Waals surface area (Å²) in [7, 11) is 0. The first kappa shape index (κ1) is 29.3. The fraction of sp³-hybridized carbons (Fsp3) is 0.0270. The Labute approximate surface area is 512 Å². The number of aromatic nitrogens is 4. The van der Waals surface area contributed by atoms with Crippen LogP contribution in [-0.4, -0.2) is 14.1 Å². The zero-order valence-electron chi connectivity index (χ0n) is 65.4. The molecule has 0 amide bonds. The van der Waals surface area contributed by atoms with Gasteiger partial charge >= 0.3 is 0 Å². The second-order valence-electron chi connectivity index (χ2n) is 18.5. The molecule has 80 heavy (non-hydrogen) atoms. The van der Waals surface area contributed by atoms with Crippen LogP contribution in [0.1, 0.15) is 44.0 Å². The van der Waals surface area contributed by atoms with Crippen molar-refractivity contribution in [1.82, 2.24) is 14.1 Å². The molecule has 0 radical (unpaired) electrons. The normalized spacial score (nSPS) is 16.1. The largest absolute Gasteiger partial charge is 0.510 e. The first-order chi connectivity index (χ1) is 48.9.